The minimum absolute atomic E-state index is 0.0404. The van der Waals surface area contributed by atoms with Gasteiger partial charge in [-0.15, -0.1) is 0 Å². The summed E-state index contributed by atoms with van der Waals surface area (Å²) in [5.41, 5.74) is 5.59. The SMILES string of the molecule is CC(=O)c1cc2cc(NCc3cc(NC(=O)c4ccc(CN5CCN(C)CC5)c(F)c4)ccc3C)cnc2[nH]1. The largest absolute Gasteiger partial charge is 0.380 e. The smallest absolute Gasteiger partial charge is 0.255 e. The zero-order chi connectivity index (χ0) is 27.5. The topological polar surface area (TPSA) is 93.4 Å². The molecule has 0 radical (unpaired) electrons. The molecule has 4 aromatic rings. The van der Waals surface area contributed by atoms with E-state index in [1.165, 1.54) is 13.0 Å². The number of H-pyrrole nitrogens is 1. The number of hydrogen-bond donors (Lipinski definition) is 3. The fraction of sp³-hybridized carbons (Fsp3) is 0.300. The van der Waals surface area contributed by atoms with Gasteiger partial charge in [-0.2, -0.15) is 0 Å². The van der Waals surface area contributed by atoms with Crippen molar-refractivity contribution >= 4 is 34.1 Å². The van der Waals surface area contributed by atoms with Crippen LogP contribution in [0.1, 0.15) is 44.5 Å². The van der Waals surface area contributed by atoms with Gasteiger partial charge in [0.2, 0.25) is 0 Å². The second-order valence-corrected chi connectivity index (χ2v) is 10.2. The number of aromatic nitrogens is 2. The molecule has 3 N–H and O–H groups in total. The standard InChI is InChI=1S/C30H33FN6O2/c1-19-4-7-25(13-24(19)16-32-26-12-23-15-28(20(2)38)35-29(23)33-17-26)34-30(39)21-5-6-22(27(31)14-21)18-37-10-8-36(3)9-11-37/h4-7,12-15,17,32H,8-11,16,18H2,1-3H3,(H,33,35)(H,34,39). The van der Waals surface area contributed by atoms with Gasteiger partial charge < -0.3 is 20.5 Å². The summed E-state index contributed by atoms with van der Waals surface area (Å²) in [6.07, 6.45) is 1.71. The number of anilines is 2. The minimum Gasteiger partial charge on any atom is -0.380 e. The highest BCUT2D eigenvalue weighted by atomic mass is 19.1. The molecule has 3 heterocycles. The second kappa shape index (κ2) is 11.3. The zero-order valence-corrected chi connectivity index (χ0v) is 22.5. The van der Waals surface area contributed by atoms with Crippen LogP contribution in [0.4, 0.5) is 15.8 Å². The van der Waals surface area contributed by atoms with E-state index in [4.69, 9.17) is 0 Å². The zero-order valence-electron chi connectivity index (χ0n) is 22.5. The molecule has 202 valence electrons. The lowest BCUT2D eigenvalue weighted by atomic mass is 10.1. The van der Waals surface area contributed by atoms with Gasteiger partial charge in [0.25, 0.3) is 5.91 Å². The third-order valence-corrected chi connectivity index (χ3v) is 7.24. The lowest BCUT2D eigenvalue weighted by molar-refractivity contribution is 0.101. The summed E-state index contributed by atoms with van der Waals surface area (Å²) in [6, 6.07) is 14.1. The molecular weight excluding hydrogens is 495 g/mol. The molecule has 0 spiro atoms. The van der Waals surface area contributed by atoms with Crippen molar-refractivity contribution in [2.45, 2.75) is 26.9 Å². The number of likely N-dealkylation sites (N-methyl/N-ethyl adjacent to an activating group) is 1. The maximum Gasteiger partial charge on any atom is 0.255 e. The van der Waals surface area contributed by atoms with E-state index in [0.29, 0.717) is 35.7 Å². The number of rotatable bonds is 8. The van der Waals surface area contributed by atoms with E-state index in [-0.39, 0.29) is 23.1 Å². The van der Waals surface area contributed by atoms with Gasteiger partial charge in [-0.1, -0.05) is 12.1 Å². The Kier molecular flexibility index (Phi) is 7.72. The summed E-state index contributed by atoms with van der Waals surface area (Å²) in [7, 11) is 2.09. The van der Waals surface area contributed by atoms with Crippen molar-refractivity contribution < 1.29 is 14.0 Å². The summed E-state index contributed by atoms with van der Waals surface area (Å²) >= 11 is 0. The average molecular weight is 529 g/mol. The fourth-order valence-corrected chi connectivity index (χ4v) is 4.71. The molecule has 0 saturated carbocycles. The summed E-state index contributed by atoms with van der Waals surface area (Å²) in [4.78, 5) is 36.4. The molecule has 1 aliphatic heterocycles. The number of aryl methyl sites for hydroxylation is 1. The van der Waals surface area contributed by atoms with Crippen LogP contribution in [0.15, 0.2) is 54.7 Å². The number of Topliss-reactive ketones (excluding diaryl/α,β-unsaturated/α-hetero) is 1. The molecule has 2 aromatic heterocycles. The molecule has 0 unspecified atom stereocenters. The lowest BCUT2D eigenvalue weighted by Gasteiger charge is -2.32. The Hall–Kier alpha value is -4.08. The molecule has 2 aromatic carbocycles. The highest BCUT2D eigenvalue weighted by Crippen LogP contribution is 2.22. The number of ketones is 1. The Morgan fingerprint density at radius 2 is 1.79 bits per heavy atom. The van der Waals surface area contributed by atoms with Gasteiger partial charge in [0.1, 0.15) is 11.5 Å². The number of halogens is 1. The first-order chi connectivity index (χ1) is 18.7. The molecule has 0 aliphatic carbocycles. The predicted octanol–water partition coefficient (Wildman–Crippen LogP) is 4.82. The molecule has 1 fully saturated rings. The third-order valence-electron chi connectivity index (χ3n) is 7.24. The number of carbonyl (C=O) groups is 2. The van der Waals surface area contributed by atoms with E-state index in [1.54, 1.807) is 24.4 Å². The fourth-order valence-electron chi connectivity index (χ4n) is 4.71. The maximum atomic E-state index is 14.8. The molecule has 1 saturated heterocycles. The van der Waals surface area contributed by atoms with E-state index in [9.17, 15) is 14.0 Å². The molecule has 39 heavy (non-hydrogen) atoms. The van der Waals surface area contributed by atoms with Crippen LogP contribution in [0.3, 0.4) is 0 Å². The average Bonchev–Trinajstić information content (AvgIpc) is 3.35. The van der Waals surface area contributed by atoms with Crippen LogP contribution in [0.25, 0.3) is 11.0 Å². The van der Waals surface area contributed by atoms with Crippen LogP contribution in [0.2, 0.25) is 0 Å². The summed E-state index contributed by atoms with van der Waals surface area (Å²) < 4.78 is 14.8. The number of pyridine rings is 1. The number of nitrogens with zero attached hydrogens (tertiary/aromatic N) is 3. The first kappa shape index (κ1) is 26.5. The van der Waals surface area contributed by atoms with Crippen molar-refractivity contribution in [2.24, 2.45) is 0 Å². The van der Waals surface area contributed by atoms with Gasteiger partial charge in [0.05, 0.1) is 17.6 Å². The number of nitrogens with one attached hydrogen (secondary N) is 3. The van der Waals surface area contributed by atoms with E-state index in [1.807, 2.05) is 31.2 Å². The molecule has 9 heteroatoms. The quantitative estimate of drug-likeness (QED) is 0.284. The number of hydrogen-bond acceptors (Lipinski definition) is 6. The monoisotopic (exact) mass is 528 g/mol. The Labute approximate surface area is 227 Å². The van der Waals surface area contributed by atoms with Gasteiger partial charge in [-0.3, -0.25) is 14.5 Å². The van der Waals surface area contributed by atoms with E-state index >= 15 is 0 Å². The van der Waals surface area contributed by atoms with Gasteiger partial charge in [0, 0.05) is 68.4 Å². The highest BCUT2D eigenvalue weighted by Gasteiger charge is 2.17. The van der Waals surface area contributed by atoms with Crippen molar-refractivity contribution in [3.63, 3.8) is 0 Å². The Balaban J connectivity index is 1.22. The summed E-state index contributed by atoms with van der Waals surface area (Å²) in [5, 5.41) is 7.11. The maximum absolute atomic E-state index is 14.8. The van der Waals surface area contributed by atoms with Crippen molar-refractivity contribution in [3.05, 3.63) is 88.5 Å². The van der Waals surface area contributed by atoms with Crippen molar-refractivity contribution in [2.75, 3.05) is 43.9 Å². The highest BCUT2D eigenvalue weighted by molar-refractivity contribution is 6.04. The third kappa shape index (κ3) is 6.32. The van der Waals surface area contributed by atoms with Gasteiger partial charge in [-0.05, 0) is 61.5 Å². The van der Waals surface area contributed by atoms with Crippen molar-refractivity contribution in [3.8, 4) is 0 Å². The number of fused-ring (bicyclic) bond motifs is 1. The van der Waals surface area contributed by atoms with Gasteiger partial charge in [-0.25, -0.2) is 9.37 Å². The molecule has 0 atom stereocenters. The molecule has 5 rings (SSSR count). The first-order valence-electron chi connectivity index (χ1n) is 13.1. The summed E-state index contributed by atoms with van der Waals surface area (Å²) in [6.45, 7) is 8.32. The summed E-state index contributed by atoms with van der Waals surface area (Å²) in [5.74, 6) is -0.758. The van der Waals surface area contributed by atoms with E-state index in [2.05, 4.69) is 37.4 Å². The molecule has 0 bridgehead atoms. The normalized spacial score (nSPS) is 14.5. The number of carbonyl (C=O) groups excluding carboxylic acids is 2. The van der Waals surface area contributed by atoms with Crippen LogP contribution >= 0.6 is 0 Å². The Morgan fingerprint density at radius 3 is 2.54 bits per heavy atom. The van der Waals surface area contributed by atoms with Crippen molar-refractivity contribution in [1.29, 1.82) is 0 Å². The number of amides is 1. The van der Waals surface area contributed by atoms with E-state index in [0.717, 1.165) is 48.4 Å². The van der Waals surface area contributed by atoms with Crippen LogP contribution in [0, 0.1) is 12.7 Å². The lowest BCUT2D eigenvalue weighted by Crippen LogP contribution is -2.44. The van der Waals surface area contributed by atoms with Crippen LogP contribution < -0.4 is 10.6 Å². The first-order valence-corrected chi connectivity index (χ1v) is 13.1. The molecule has 8 nitrogen and oxygen atoms in total. The second-order valence-electron chi connectivity index (χ2n) is 10.2. The Morgan fingerprint density at radius 1 is 1.00 bits per heavy atom. The van der Waals surface area contributed by atoms with Gasteiger partial charge >= 0.3 is 0 Å². The number of piperazine rings is 1. The van der Waals surface area contributed by atoms with Gasteiger partial charge in [0.15, 0.2) is 5.78 Å². The molecular formula is C30H33FN6O2. The minimum atomic E-state index is -0.362. The molecule has 1 amide bonds. The number of aromatic amines is 1. The number of benzene rings is 2. The predicted molar refractivity (Wildman–Crippen MR) is 152 cm³/mol. The van der Waals surface area contributed by atoms with Crippen LogP contribution in [-0.4, -0.2) is 64.7 Å². The van der Waals surface area contributed by atoms with E-state index < -0.39 is 0 Å². The molecule has 1 aliphatic rings. The van der Waals surface area contributed by atoms with Crippen LogP contribution in [-0.2, 0) is 13.1 Å². The Bertz CT molecular complexity index is 1520. The van der Waals surface area contributed by atoms with Crippen molar-refractivity contribution in [1.82, 2.24) is 19.8 Å². The van der Waals surface area contributed by atoms with Crippen LogP contribution in [0.5, 0.6) is 0 Å².